The van der Waals surface area contributed by atoms with Gasteiger partial charge in [0.05, 0.1) is 38.9 Å². The largest absolute Gasteiger partial charge is 1.00 e. The van der Waals surface area contributed by atoms with Gasteiger partial charge in [-0.25, -0.2) is 0 Å². The van der Waals surface area contributed by atoms with E-state index in [4.69, 9.17) is 14.2 Å². The molecule has 0 atom stereocenters. The number of halogens is 1. The van der Waals surface area contributed by atoms with Crippen molar-refractivity contribution in [3.63, 3.8) is 0 Å². The second-order valence-electron chi connectivity index (χ2n) is 12.8. The third-order valence-electron chi connectivity index (χ3n) is 7.19. The topological polar surface area (TPSA) is 47.9 Å². The summed E-state index contributed by atoms with van der Waals surface area (Å²) in [5.41, 5.74) is 0. The van der Waals surface area contributed by atoms with Crippen LogP contribution in [-0.2, 0) is 9.47 Å². The molecule has 0 aromatic heterocycles. The van der Waals surface area contributed by atoms with Gasteiger partial charge in [0.25, 0.3) is 0 Å². The van der Waals surface area contributed by atoms with Crippen LogP contribution in [0.15, 0.2) is 18.2 Å². The number of phenolic OH excluding ortho intramolecular Hbond substituents is 1. The zero-order valence-corrected chi connectivity index (χ0v) is 29.1. The van der Waals surface area contributed by atoms with Crippen molar-refractivity contribution in [3.8, 4) is 11.5 Å². The minimum atomic E-state index is -1.85. The molecule has 0 aliphatic rings. The van der Waals surface area contributed by atoms with Crippen LogP contribution in [0.4, 0.5) is 0 Å². The second kappa shape index (κ2) is 15.5. The molecule has 1 aromatic carbocycles. The van der Waals surface area contributed by atoms with Crippen molar-refractivity contribution in [2.75, 3.05) is 20.8 Å². The Morgan fingerprint density at radius 2 is 1.25 bits per heavy atom. The highest BCUT2D eigenvalue weighted by Crippen LogP contribution is 2.83. The van der Waals surface area contributed by atoms with E-state index >= 15 is 0 Å². The number of ether oxygens (including phenoxy) is 3. The summed E-state index contributed by atoms with van der Waals surface area (Å²) in [5, 5.41) is 12.0. The van der Waals surface area contributed by atoms with E-state index in [1.807, 2.05) is 12.1 Å². The molecule has 1 aromatic rings. The standard InChI is InChI=1S/C29H55O4PSi.BrH/c1-27(2,3)34(28(4,5)6,29(7,8)9)25-22-23(30)18-19-24(25)33-20-16-14-12-13-15-17-21-35-26(31-10)32-11;/h18-19,22,26H,12-17,20-21,35H2,1-11H3;1H. The molecule has 212 valence electrons. The first kappa shape index (κ1) is 35.9. The maximum absolute atomic E-state index is 10.5. The molecular weight excluding hydrogens is 551 g/mol. The van der Waals surface area contributed by atoms with Crippen LogP contribution >= 0.6 is 7.26 Å². The van der Waals surface area contributed by atoms with E-state index in [9.17, 15) is 5.11 Å². The molecule has 0 unspecified atom stereocenters. The lowest BCUT2D eigenvalue weighted by Crippen LogP contribution is -3.00. The fourth-order valence-corrected chi connectivity index (χ4v) is 17.3. The molecule has 4 nitrogen and oxygen atoms in total. The number of aromatic hydroxyl groups is 1. The van der Waals surface area contributed by atoms with Gasteiger partial charge < -0.3 is 36.3 Å². The zero-order chi connectivity index (χ0) is 26.9. The average molecular weight is 608 g/mol. The molecule has 7 heteroatoms. The Balaban J connectivity index is 0.0000122. The van der Waals surface area contributed by atoms with E-state index in [1.54, 1.807) is 20.3 Å². The fraction of sp³-hybridized carbons (Fsp3) is 0.793. The molecular formula is C29H56BrO4PSi. The van der Waals surface area contributed by atoms with Crippen molar-refractivity contribution in [1.82, 2.24) is 0 Å². The van der Waals surface area contributed by atoms with Gasteiger partial charge >= 0.3 is 0 Å². The first-order chi connectivity index (χ1) is 16.1. The normalized spacial score (nSPS) is 13.4. The van der Waals surface area contributed by atoms with E-state index in [-0.39, 0.29) is 47.9 Å². The van der Waals surface area contributed by atoms with Gasteiger partial charge in [0.2, 0.25) is 0 Å². The molecule has 36 heavy (non-hydrogen) atoms. The highest BCUT2D eigenvalue weighted by molar-refractivity contribution is 7.87. The van der Waals surface area contributed by atoms with Crippen molar-refractivity contribution >= 4 is 22.1 Å². The van der Waals surface area contributed by atoms with Crippen LogP contribution in [0.5, 0.6) is 11.5 Å². The van der Waals surface area contributed by atoms with E-state index < -0.39 is 7.26 Å². The number of hydrogen-bond donors (Lipinski definition) is 1. The van der Waals surface area contributed by atoms with Gasteiger partial charge in [-0.05, 0) is 80.9 Å². The van der Waals surface area contributed by atoms with Crippen LogP contribution in [0, 0.1) is 0 Å². The smallest absolute Gasteiger partial charge is 0.161 e. The second-order valence-corrected chi connectivity index (χ2v) is 20.6. The average Bonchev–Trinajstić information content (AvgIpc) is 2.70. The Bertz CT molecular complexity index is 713. The van der Waals surface area contributed by atoms with Gasteiger partial charge in [-0.1, -0.05) is 38.1 Å². The molecule has 0 spiro atoms. The quantitative estimate of drug-likeness (QED) is 0.148. The van der Waals surface area contributed by atoms with Crippen molar-refractivity contribution < 1.29 is 36.3 Å². The van der Waals surface area contributed by atoms with Crippen molar-refractivity contribution in [3.05, 3.63) is 18.2 Å². The van der Waals surface area contributed by atoms with Crippen LogP contribution < -0.4 is 27.0 Å². The van der Waals surface area contributed by atoms with E-state index in [2.05, 4.69) is 62.3 Å². The summed E-state index contributed by atoms with van der Waals surface area (Å²) in [6.45, 7) is 22.1. The maximum Gasteiger partial charge on any atom is 0.161 e. The molecule has 0 saturated carbocycles. The minimum Gasteiger partial charge on any atom is -1.00 e. The third-order valence-corrected chi connectivity index (χ3v) is 16.3. The molecule has 0 saturated heterocycles. The first-order valence-electron chi connectivity index (χ1n) is 13.5. The van der Waals surface area contributed by atoms with Crippen molar-refractivity contribution in [2.45, 2.75) is 128 Å². The number of methoxy groups -OCH3 is 2. The SMILES string of the molecule is COC(OC)[SiH2]CCCCCCCCOc1ccc(O)cc1[P+](C(C)(C)C)(C(C)(C)C)C(C)(C)C.[Br-]. The van der Waals surface area contributed by atoms with Crippen LogP contribution in [0.1, 0.15) is 101 Å². The highest BCUT2D eigenvalue weighted by atomic mass is 79.9. The molecule has 0 bridgehead atoms. The van der Waals surface area contributed by atoms with Gasteiger partial charge in [0.1, 0.15) is 17.0 Å². The Morgan fingerprint density at radius 1 is 0.778 bits per heavy atom. The Kier molecular flexibility index (Phi) is 15.4. The predicted molar refractivity (Wildman–Crippen MR) is 158 cm³/mol. The number of phenols is 1. The number of rotatable bonds is 14. The lowest BCUT2D eigenvalue weighted by molar-refractivity contribution is -0.0441. The first-order valence-corrected chi connectivity index (χ1v) is 17.2. The lowest BCUT2D eigenvalue weighted by Gasteiger charge is -2.54. The van der Waals surface area contributed by atoms with Crippen molar-refractivity contribution in [2.24, 2.45) is 0 Å². The van der Waals surface area contributed by atoms with E-state index in [0.29, 0.717) is 5.75 Å². The molecule has 0 aliphatic carbocycles. The zero-order valence-electron chi connectivity index (χ0n) is 25.2. The minimum absolute atomic E-state index is 0. The van der Waals surface area contributed by atoms with Crippen LogP contribution in [0.25, 0.3) is 0 Å². The number of hydrogen-bond acceptors (Lipinski definition) is 4. The Labute approximate surface area is 236 Å². The summed E-state index contributed by atoms with van der Waals surface area (Å²) in [7, 11) is 1.34. The summed E-state index contributed by atoms with van der Waals surface area (Å²) >= 11 is 0. The van der Waals surface area contributed by atoms with Gasteiger partial charge in [0.15, 0.2) is 5.75 Å². The third kappa shape index (κ3) is 9.26. The van der Waals surface area contributed by atoms with Crippen LogP contribution in [-0.4, -0.2) is 56.8 Å². The summed E-state index contributed by atoms with van der Waals surface area (Å²) in [4.78, 5) is 0. The number of unbranched alkanes of at least 4 members (excludes halogenated alkanes) is 5. The highest BCUT2D eigenvalue weighted by Gasteiger charge is 2.67. The fourth-order valence-electron chi connectivity index (χ4n) is 6.80. The van der Waals surface area contributed by atoms with Crippen LogP contribution in [0.3, 0.4) is 0 Å². The Hall–Kier alpha value is -0.133. The van der Waals surface area contributed by atoms with E-state index in [0.717, 1.165) is 18.8 Å². The van der Waals surface area contributed by atoms with Crippen molar-refractivity contribution in [1.29, 1.82) is 0 Å². The van der Waals surface area contributed by atoms with Gasteiger partial charge in [0, 0.05) is 20.3 Å². The predicted octanol–water partition coefficient (Wildman–Crippen LogP) is 4.32. The molecule has 0 aliphatic heterocycles. The monoisotopic (exact) mass is 606 g/mol. The summed E-state index contributed by atoms with van der Waals surface area (Å²) in [5.74, 6) is 1.37. The number of benzene rings is 1. The van der Waals surface area contributed by atoms with E-state index in [1.165, 1.54) is 43.5 Å². The van der Waals surface area contributed by atoms with Crippen LogP contribution in [0.2, 0.25) is 6.04 Å². The molecule has 1 rings (SSSR count). The Morgan fingerprint density at radius 3 is 1.72 bits per heavy atom. The summed E-state index contributed by atoms with van der Waals surface area (Å²) in [6, 6.07) is 7.08. The molecule has 0 radical (unpaired) electrons. The summed E-state index contributed by atoms with van der Waals surface area (Å²) < 4.78 is 17.1. The summed E-state index contributed by atoms with van der Waals surface area (Å²) in [6.07, 6.45) is 7.40. The maximum atomic E-state index is 10.5. The lowest BCUT2D eigenvalue weighted by atomic mass is 10.1. The van der Waals surface area contributed by atoms with Gasteiger partial charge in [-0.3, -0.25) is 0 Å². The molecule has 1 N–H and O–H groups in total. The molecule has 0 amide bonds. The molecule has 0 heterocycles. The molecule has 0 fully saturated rings. The van der Waals surface area contributed by atoms with Gasteiger partial charge in [-0.2, -0.15) is 0 Å². The van der Waals surface area contributed by atoms with Gasteiger partial charge in [-0.15, -0.1) is 0 Å².